The first kappa shape index (κ1) is 17.7. The molecule has 4 rings (SSSR count). The van der Waals surface area contributed by atoms with Crippen molar-refractivity contribution in [1.29, 1.82) is 0 Å². The fourth-order valence-corrected chi connectivity index (χ4v) is 3.23. The van der Waals surface area contributed by atoms with Gasteiger partial charge in [-0.2, -0.15) is 0 Å². The molecule has 1 aromatic heterocycles. The number of benzene rings is 3. The van der Waals surface area contributed by atoms with Crippen LogP contribution in [0.4, 0.5) is 0 Å². The highest BCUT2D eigenvalue weighted by molar-refractivity contribution is 5.92. The average Bonchev–Trinajstić information content (AvgIpc) is 3.26. The number of imidazole rings is 1. The van der Waals surface area contributed by atoms with Gasteiger partial charge in [-0.25, -0.2) is 9.78 Å². The lowest BCUT2D eigenvalue weighted by molar-refractivity contribution is -0.137. The van der Waals surface area contributed by atoms with Gasteiger partial charge in [0.2, 0.25) is 0 Å². The number of esters is 1. The van der Waals surface area contributed by atoms with Crippen LogP contribution < -0.4 is 0 Å². The van der Waals surface area contributed by atoms with E-state index in [0.717, 1.165) is 28.1 Å². The SMILES string of the molecule is CCOC(=O)C=Cc1ccc(-c2ncc[nH]2)c(-c2ccc3ccccc3c2)c1. The number of hydrogen-bond acceptors (Lipinski definition) is 3. The lowest BCUT2D eigenvalue weighted by Crippen LogP contribution is -1.98. The molecule has 138 valence electrons. The number of nitrogens with zero attached hydrogens (tertiary/aromatic N) is 1. The molecule has 4 nitrogen and oxygen atoms in total. The lowest BCUT2D eigenvalue weighted by atomic mass is 9.94. The normalized spacial score (nSPS) is 11.2. The Bertz CT molecular complexity index is 1140. The van der Waals surface area contributed by atoms with Crippen molar-refractivity contribution in [1.82, 2.24) is 9.97 Å². The van der Waals surface area contributed by atoms with Gasteiger partial charge in [-0.3, -0.25) is 0 Å². The zero-order valence-corrected chi connectivity index (χ0v) is 15.6. The summed E-state index contributed by atoms with van der Waals surface area (Å²) in [5.74, 6) is 0.467. The summed E-state index contributed by atoms with van der Waals surface area (Å²) < 4.78 is 4.97. The van der Waals surface area contributed by atoms with Crippen LogP contribution in [0.5, 0.6) is 0 Å². The van der Waals surface area contributed by atoms with Crippen LogP contribution in [0.1, 0.15) is 12.5 Å². The van der Waals surface area contributed by atoms with E-state index in [1.807, 2.05) is 30.5 Å². The van der Waals surface area contributed by atoms with Crippen molar-refractivity contribution in [3.8, 4) is 22.5 Å². The molecule has 0 saturated carbocycles. The molecule has 0 aliphatic carbocycles. The zero-order valence-electron chi connectivity index (χ0n) is 15.6. The molecule has 1 N–H and O–H groups in total. The quantitative estimate of drug-likeness (QED) is 0.375. The minimum atomic E-state index is -0.343. The smallest absolute Gasteiger partial charge is 0.330 e. The van der Waals surface area contributed by atoms with Gasteiger partial charge in [-0.1, -0.05) is 48.5 Å². The van der Waals surface area contributed by atoms with Gasteiger partial charge in [-0.15, -0.1) is 0 Å². The molecule has 0 atom stereocenters. The van der Waals surface area contributed by atoms with Crippen molar-refractivity contribution < 1.29 is 9.53 Å². The molecular weight excluding hydrogens is 348 g/mol. The number of hydrogen-bond donors (Lipinski definition) is 1. The summed E-state index contributed by atoms with van der Waals surface area (Å²) in [6.07, 6.45) is 6.78. The zero-order chi connectivity index (χ0) is 19.3. The molecule has 0 amide bonds. The summed E-state index contributed by atoms with van der Waals surface area (Å²) >= 11 is 0. The fraction of sp³-hybridized carbons (Fsp3) is 0.0833. The summed E-state index contributed by atoms with van der Waals surface area (Å²) in [4.78, 5) is 19.2. The van der Waals surface area contributed by atoms with Crippen LogP contribution in [0.25, 0.3) is 39.4 Å². The van der Waals surface area contributed by atoms with Gasteiger partial charge < -0.3 is 9.72 Å². The molecule has 0 radical (unpaired) electrons. The van der Waals surface area contributed by atoms with Crippen molar-refractivity contribution >= 4 is 22.8 Å². The Morgan fingerprint density at radius 2 is 1.89 bits per heavy atom. The standard InChI is InChI=1S/C24H20N2O2/c1-2-28-23(27)12-8-17-7-11-21(24-25-13-14-26-24)22(15-17)20-10-9-18-5-3-4-6-19(18)16-20/h3-16H,2H2,1H3,(H,25,26). The van der Waals surface area contributed by atoms with Gasteiger partial charge in [0.05, 0.1) is 6.61 Å². The number of rotatable bonds is 5. The maximum atomic E-state index is 11.6. The van der Waals surface area contributed by atoms with Crippen molar-refractivity contribution in [2.24, 2.45) is 0 Å². The van der Waals surface area contributed by atoms with E-state index in [1.165, 1.54) is 16.8 Å². The second-order valence-electron chi connectivity index (χ2n) is 6.39. The number of aromatic nitrogens is 2. The van der Waals surface area contributed by atoms with E-state index in [-0.39, 0.29) is 5.97 Å². The number of aromatic amines is 1. The molecule has 4 heteroatoms. The van der Waals surface area contributed by atoms with Crippen molar-refractivity contribution in [2.75, 3.05) is 6.61 Å². The summed E-state index contributed by atoms with van der Waals surface area (Å²) in [6.45, 7) is 2.16. The van der Waals surface area contributed by atoms with Crippen LogP contribution in [0, 0.1) is 0 Å². The number of carbonyl (C=O) groups excluding carboxylic acids is 1. The van der Waals surface area contributed by atoms with E-state index >= 15 is 0 Å². The van der Waals surface area contributed by atoms with Crippen LogP contribution in [0.15, 0.2) is 79.1 Å². The molecule has 4 aromatic rings. The Balaban J connectivity index is 1.81. The maximum absolute atomic E-state index is 11.6. The van der Waals surface area contributed by atoms with Crippen molar-refractivity contribution in [2.45, 2.75) is 6.92 Å². The molecule has 0 fully saturated rings. The molecule has 1 heterocycles. The van der Waals surface area contributed by atoms with Gasteiger partial charge in [0.25, 0.3) is 0 Å². The average molecular weight is 368 g/mol. The molecule has 28 heavy (non-hydrogen) atoms. The van der Waals surface area contributed by atoms with E-state index in [4.69, 9.17) is 4.74 Å². The van der Waals surface area contributed by atoms with Gasteiger partial charge in [-0.05, 0) is 52.6 Å². The third-order valence-corrected chi connectivity index (χ3v) is 4.56. The Hall–Kier alpha value is -3.66. The van der Waals surface area contributed by atoms with Crippen LogP contribution in [-0.2, 0) is 9.53 Å². The number of nitrogens with one attached hydrogen (secondary N) is 1. The highest BCUT2D eigenvalue weighted by Crippen LogP contribution is 2.33. The number of carbonyl (C=O) groups is 1. The Morgan fingerprint density at radius 1 is 1.04 bits per heavy atom. The number of ether oxygens (including phenoxy) is 1. The monoisotopic (exact) mass is 368 g/mol. The first-order valence-electron chi connectivity index (χ1n) is 9.22. The predicted molar refractivity (Wildman–Crippen MR) is 113 cm³/mol. The summed E-state index contributed by atoms with van der Waals surface area (Å²) in [5.41, 5.74) is 4.07. The first-order chi connectivity index (χ1) is 13.7. The second kappa shape index (κ2) is 7.92. The predicted octanol–water partition coefficient (Wildman–Crippen LogP) is 5.47. The van der Waals surface area contributed by atoms with E-state index in [9.17, 15) is 4.79 Å². The largest absolute Gasteiger partial charge is 0.463 e. The third kappa shape index (κ3) is 3.71. The van der Waals surface area contributed by atoms with E-state index in [2.05, 4.69) is 46.4 Å². The van der Waals surface area contributed by atoms with Gasteiger partial charge in [0.1, 0.15) is 5.82 Å². The van der Waals surface area contributed by atoms with Gasteiger partial charge in [0, 0.05) is 24.0 Å². The molecule has 3 aromatic carbocycles. The minimum Gasteiger partial charge on any atom is -0.463 e. The van der Waals surface area contributed by atoms with E-state index < -0.39 is 0 Å². The Kier molecular flexibility index (Phi) is 5.02. The topological polar surface area (TPSA) is 55.0 Å². The molecule has 0 spiro atoms. The summed E-state index contributed by atoms with van der Waals surface area (Å²) in [5, 5.41) is 2.38. The summed E-state index contributed by atoms with van der Waals surface area (Å²) in [7, 11) is 0. The lowest BCUT2D eigenvalue weighted by Gasteiger charge is -2.11. The number of fused-ring (bicyclic) bond motifs is 1. The van der Waals surface area contributed by atoms with Crippen LogP contribution in [0.2, 0.25) is 0 Å². The highest BCUT2D eigenvalue weighted by Gasteiger charge is 2.11. The van der Waals surface area contributed by atoms with Gasteiger partial charge in [0.15, 0.2) is 0 Å². The Labute approximate surface area is 163 Å². The van der Waals surface area contributed by atoms with Gasteiger partial charge >= 0.3 is 5.97 Å². The first-order valence-corrected chi connectivity index (χ1v) is 9.22. The van der Waals surface area contributed by atoms with Crippen LogP contribution in [-0.4, -0.2) is 22.5 Å². The molecule has 0 aliphatic heterocycles. The molecule has 0 bridgehead atoms. The van der Waals surface area contributed by atoms with E-state index in [1.54, 1.807) is 19.2 Å². The molecule has 0 aliphatic rings. The summed E-state index contributed by atoms with van der Waals surface area (Å²) in [6, 6.07) is 20.8. The maximum Gasteiger partial charge on any atom is 0.330 e. The minimum absolute atomic E-state index is 0.343. The molecular formula is C24H20N2O2. The second-order valence-corrected chi connectivity index (χ2v) is 6.39. The molecule has 0 saturated heterocycles. The Morgan fingerprint density at radius 3 is 2.68 bits per heavy atom. The molecule has 0 unspecified atom stereocenters. The van der Waals surface area contributed by atoms with Crippen LogP contribution in [0.3, 0.4) is 0 Å². The van der Waals surface area contributed by atoms with Crippen molar-refractivity contribution in [3.05, 3.63) is 84.7 Å². The number of H-pyrrole nitrogens is 1. The fourth-order valence-electron chi connectivity index (χ4n) is 3.23. The third-order valence-electron chi connectivity index (χ3n) is 4.56. The van der Waals surface area contributed by atoms with Crippen LogP contribution >= 0.6 is 0 Å². The van der Waals surface area contributed by atoms with Crippen molar-refractivity contribution in [3.63, 3.8) is 0 Å². The highest BCUT2D eigenvalue weighted by atomic mass is 16.5. The van der Waals surface area contributed by atoms with E-state index in [0.29, 0.717) is 6.61 Å².